The summed E-state index contributed by atoms with van der Waals surface area (Å²) in [5.41, 5.74) is 1.18. The maximum Gasteiger partial charge on any atom is 0.136 e. The summed E-state index contributed by atoms with van der Waals surface area (Å²) in [5, 5.41) is 0. The normalized spacial score (nSPS) is 28.7. The topological polar surface area (TPSA) is 9.23 Å². The molecule has 0 aliphatic carbocycles. The van der Waals surface area contributed by atoms with E-state index in [1.54, 1.807) is 0 Å². The van der Waals surface area contributed by atoms with Crippen LogP contribution < -0.4 is 0 Å². The Morgan fingerprint density at radius 3 is 2.54 bits per heavy atom. The van der Waals surface area contributed by atoms with Crippen LogP contribution in [0.1, 0.15) is 24.8 Å². The molecule has 0 saturated carbocycles. The lowest BCUT2D eigenvalue weighted by molar-refractivity contribution is -0.0122. The molecule has 0 aromatic heterocycles. The Balaban J connectivity index is 2.23. The zero-order chi connectivity index (χ0) is 9.15. The van der Waals surface area contributed by atoms with E-state index >= 15 is 0 Å². The van der Waals surface area contributed by atoms with Crippen LogP contribution in [0.3, 0.4) is 0 Å². The Labute approximate surface area is 84.5 Å². The lowest BCUT2D eigenvalue weighted by Crippen LogP contribution is -2.27. The Bertz CT molecular complexity index is 265. The van der Waals surface area contributed by atoms with Gasteiger partial charge < -0.3 is 4.74 Å². The van der Waals surface area contributed by atoms with Crippen molar-refractivity contribution >= 4 is 12.6 Å². The standard InChI is InChI=1S/C11H14OS/c13-11(8-4-5-9-12-11)10-6-2-1-3-7-10/h1-3,6-7,13H,4-5,8-9H2. The first-order valence-electron chi connectivity index (χ1n) is 4.73. The van der Waals surface area contributed by atoms with Crippen molar-refractivity contribution in [3.05, 3.63) is 35.9 Å². The Kier molecular flexibility index (Phi) is 2.61. The summed E-state index contributed by atoms with van der Waals surface area (Å²) in [6.45, 7) is 0.832. The molecule has 1 fully saturated rings. The zero-order valence-electron chi connectivity index (χ0n) is 7.57. The number of rotatable bonds is 1. The van der Waals surface area contributed by atoms with Crippen LogP contribution >= 0.6 is 12.6 Å². The monoisotopic (exact) mass is 194 g/mol. The smallest absolute Gasteiger partial charge is 0.136 e. The van der Waals surface area contributed by atoms with Crippen LogP contribution in [0.25, 0.3) is 0 Å². The van der Waals surface area contributed by atoms with E-state index in [4.69, 9.17) is 4.74 Å². The Hall–Kier alpha value is -0.470. The fourth-order valence-corrected chi connectivity index (χ4v) is 2.10. The van der Waals surface area contributed by atoms with Crippen molar-refractivity contribution in [3.8, 4) is 0 Å². The molecule has 1 unspecified atom stereocenters. The Morgan fingerprint density at radius 1 is 1.15 bits per heavy atom. The van der Waals surface area contributed by atoms with Crippen LogP contribution in [0.4, 0.5) is 0 Å². The van der Waals surface area contributed by atoms with Crippen LogP contribution in [0.5, 0.6) is 0 Å². The van der Waals surface area contributed by atoms with Crippen molar-refractivity contribution in [1.29, 1.82) is 0 Å². The highest BCUT2D eigenvalue weighted by Gasteiger charge is 2.30. The van der Waals surface area contributed by atoms with Crippen LogP contribution in [-0.4, -0.2) is 6.61 Å². The van der Waals surface area contributed by atoms with E-state index in [1.807, 2.05) is 18.2 Å². The molecule has 1 aliphatic rings. The maximum atomic E-state index is 5.72. The minimum atomic E-state index is -0.334. The SMILES string of the molecule is SC1(c2ccccc2)CCCCO1. The van der Waals surface area contributed by atoms with Crippen molar-refractivity contribution in [1.82, 2.24) is 0 Å². The molecule has 0 spiro atoms. The van der Waals surface area contributed by atoms with Crippen LogP contribution in [0.15, 0.2) is 30.3 Å². The minimum absolute atomic E-state index is 0.334. The van der Waals surface area contributed by atoms with Gasteiger partial charge in [-0.3, -0.25) is 0 Å². The molecular weight excluding hydrogens is 180 g/mol. The van der Waals surface area contributed by atoms with Gasteiger partial charge in [0.15, 0.2) is 0 Å². The minimum Gasteiger partial charge on any atom is -0.360 e. The third-order valence-corrected chi connectivity index (χ3v) is 3.09. The fourth-order valence-electron chi connectivity index (χ4n) is 1.71. The second-order valence-corrected chi connectivity index (χ2v) is 4.18. The van der Waals surface area contributed by atoms with Gasteiger partial charge in [0.2, 0.25) is 0 Å². The summed E-state index contributed by atoms with van der Waals surface area (Å²) in [7, 11) is 0. The molecule has 1 nitrogen and oxygen atoms in total. The maximum absolute atomic E-state index is 5.72. The predicted molar refractivity (Wildman–Crippen MR) is 56.9 cm³/mol. The third-order valence-electron chi connectivity index (χ3n) is 2.48. The highest BCUT2D eigenvalue weighted by atomic mass is 32.1. The summed E-state index contributed by atoms with van der Waals surface area (Å²) in [5.74, 6) is 0. The van der Waals surface area contributed by atoms with E-state index in [0.717, 1.165) is 19.4 Å². The molecule has 1 aliphatic heterocycles. The number of hydrogen-bond donors (Lipinski definition) is 1. The summed E-state index contributed by atoms with van der Waals surface area (Å²) in [6.07, 6.45) is 3.38. The van der Waals surface area contributed by atoms with Gasteiger partial charge in [-0.25, -0.2) is 0 Å². The first-order valence-corrected chi connectivity index (χ1v) is 5.18. The second kappa shape index (κ2) is 3.72. The van der Waals surface area contributed by atoms with Crippen LogP contribution in [0, 0.1) is 0 Å². The molecule has 0 bridgehead atoms. The highest BCUT2D eigenvalue weighted by molar-refractivity contribution is 7.81. The van der Waals surface area contributed by atoms with E-state index in [9.17, 15) is 0 Å². The lowest BCUT2D eigenvalue weighted by atomic mass is 10.0. The molecule has 1 saturated heterocycles. The van der Waals surface area contributed by atoms with E-state index in [1.165, 1.54) is 12.0 Å². The number of benzene rings is 1. The van der Waals surface area contributed by atoms with Gasteiger partial charge in [-0.15, -0.1) is 12.6 Å². The summed E-state index contributed by atoms with van der Waals surface area (Å²) < 4.78 is 5.72. The summed E-state index contributed by atoms with van der Waals surface area (Å²) in [4.78, 5) is -0.334. The van der Waals surface area contributed by atoms with Gasteiger partial charge in [-0.05, 0) is 24.8 Å². The second-order valence-electron chi connectivity index (χ2n) is 3.46. The van der Waals surface area contributed by atoms with Crippen molar-refractivity contribution in [2.45, 2.75) is 24.2 Å². The first-order chi connectivity index (χ1) is 6.31. The predicted octanol–water partition coefficient (Wildman–Crippen LogP) is 2.97. The molecule has 2 rings (SSSR count). The average molecular weight is 194 g/mol. The number of hydrogen-bond acceptors (Lipinski definition) is 2. The molecule has 1 atom stereocenters. The van der Waals surface area contributed by atoms with Crippen molar-refractivity contribution < 1.29 is 4.74 Å². The van der Waals surface area contributed by atoms with Gasteiger partial charge >= 0.3 is 0 Å². The molecule has 1 heterocycles. The third kappa shape index (κ3) is 1.89. The number of ether oxygens (including phenoxy) is 1. The van der Waals surface area contributed by atoms with E-state index in [-0.39, 0.29) is 4.93 Å². The Morgan fingerprint density at radius 2 is 1.92 bits per heavy atom. The largest absolute Gasteiger partial charge is 0.360 e. The quantitative estimate of drug-likeness (QED) is 0.676. The van der Waals surface area contributed by atoms with Gasteiger partial charge in [0.05, 0.1) is 0 Å². The van der Waals surface area contributed by atoms with Gasteiger partial charge in [0, 0.05) is 6.61 Å². The van der Waals surface area contributed by atoms with E-state index in [0.29, 0.717) is 0 Å². The van der Waals surface area contributed by atoms with Crippen molar-refractivity contribution in [2.24, 2.45) is 0 Å². The molecule has 0 amide bonds. The number of thiol groups is 1. The molecule has 13 heavy (non-hydrogen) atoms. The molecular formula is C11H14OS. The van der Waals surface area contributed by atoms with Gasteiger partial charge in [-0.1, -0.05) is 30.3 Å². The molecule has 0 N–H and O–H groups in total. The van der Waals surface area contributed by atoms with Crippen molar-refractivity contribution in [3.63, 3.8) is 0 Å². The highest BCUT2D eigenvalue weighted by Crippen LogP contribution is 2.38. The first kappa shape index (κ1) is 9.10. The summed E-state index contributed by atoms with van der Waals surface area (Å²) >= 11 is 4.62. The van der Waals surface area contributed by atoms with Crippen molar-refractivity contribution in [2.75, 3.05) is 6.61 Å². The summed E-state index contributed by atoms with van der Waals surface area (Å²) in [6, 6.07) is 10.2. The van der Waals surface area contributed by atoms with E-state index in [2.05, 4.69) is 24.8 Å². The molecule has 0 radical (unpaired) electrons. The zero-order valence-corrected chi connectivity index (χ0v) is 8.47. The van der Waals surface area contributed by atoms with Gasteiger partial charge in [0.25, 0.3) is 0 Å². The molecule has 1 aromatic rings. The van der Waals surface area contributed by atoms with Crippen LogP contribution in [-0.2, 0) is 9.67 Å². The molecule has 70 valence electrons. The van der Waals surface area contributed by atoms with Gasteiger partial charge in [0.1, 0.15) is 4.93 Å². The van der Waals surface area contributed by atoms with E-state index < -0.39 is 0 Å². The van der Waals surface area contributed by atoms with Crippen LogP contribution in [0.2, 0.25) is 0 Å². The van der Waals surface area contributed by atoms with Gasteiger partial charge in [-0.2, -0.15) is 0 Å². The lowest BCUT2D eigenvalue weighted by Gasteiger charge is -2.33. The fraction of sp³-hybridized carbons (Fsp3) is 0.455. The average Bonchev–Trinajstić information content (AvgIpc) is 2.20. The molecule has 2 heteroatoms. The molecule has 1 aromatic carbocycles.